The molecule has 2 heterocycles. The van der Waals surface area contributed by atoms with Gasteiger partial charge in [-0.05, 0) is 30.5 Å². The summed E-state index contributed by atoms with van der Waals surface area (Å²) in [6.07, 6.45) is 5.27. The van der Waals surface area contributed by atoms with Crippen LogP contribution in [-0.2, 0) is 24.3 Å². The third-order valence-corrected chi connectivity index (χ3v) is 5.03. The first kappa shape index (κ1) is 13.3. The molecule has 0 spiro atoms. The van der Waals surface area contributed by atoms with Crippen LogP contribution in [0, 0.1) is 0 Å². The summed E-state index contributed by atoms with van der Waals surface area (Å²) in [4.78, 5) is 7.52. The van der Waals surface area contributed by atoms with Crippen LogP contribution in [0.2, 0.25) is 0 Å². The molecule has 2 aromatic rings. The van der Waals surface area contributed by atoms with Gasteiger partial charge in [-0.1, -0.05) is 12.5 Å². The highest BCUT2D eigenvalue weighted by molar-refractivity contribution is 5.77. The fraction of sp³-hybridized carbons (Fsp3) is 0.588. The van der Waals surface area contributed by atoms with Gasteiger partial charge in [0.15, 0.2) is 0 Å². The van der Waals surface area contributed by atoms with Crippen molar-refractivity contribution in [3.05, 3.63) is 29.6 Å². The Hall–Kier alpha value is -1.39. The quantitative estimate of drug-likeness (QED) is 0.868. The van der Waals surface area contributed by atoms with Crippen molar-refractivity contribution in [2.45, 2.75) is 44.9 Å². The van der Waals surface area contributed by atoms with E-state index in [2.05, 4.69) is 27.7 Å². The zero-order valence-electron chi connectivity index (χ0n) is 12.7. The number of nitrogens with zero attached hydrogens (tertiary/aromatic N) is 3. The normalized spacial score (nSPS) is 20.2. The summed E-state index contributed by atoms with van der Waals surface area (Å²) in [6, 6.07) is 7.34. The fourth-order valence-corrected chi connectivity index (χ4v) is 3.62. The predicted molar refractivity (Wildman–Crippen MR) is 83.4 cm³/mol. The molecule has 1 saturated carbocycles. The molecule has 2 aliphatic rings. The van der Waals surface area contributed by atoms with Crippen LogP contribution in [-0.4, -0.2) is 40.7 Å². The van der Waals surface area contributed by atoms with E-state index in [1.165, 1.54) is 42.7 Å². The average molecular weight is 285 g/mol. The van der Waals surface area contributed by atoms with Gasteiger partial charge in [0.1, 0.15) is 5.82 Å². The van der Waals surface area contributed by atoms with Gasteiger partial charge in [-0.15, -0.1) is 0 Å². The van der Waals surface area contributed by atoms with E-state index in [9.17, 15) is 0 Å². The molecule has 4 rings (SSSR count). The van der Waals surface area contributed by atoms with Crippen LogP contribution < -0.4 is 0 Å². The van der Waals surface area contributed by atoms with Gasteiger partial charge in [-0.2, -0.15) is 0 Å². The lowest BCUT2D eigenvalue weighted by atomic mass is 9.91. The van der Waals surface area contributed by atoms with Gasteiger partial charge in [0.2, 0.25) is 0 Å². The van der Waals surface area contributed by atoms with E-state index in [-0.39, 0.29) is 0 Å². The lowest BCUT2D eigenvalue weighted by Gasteiger charge is -2.36. The summed E-state index contributed by atoms with van der Waals surface area (Å²) in [5, 5.41) is 0. The Morgan fingerprint density at radius 3 is 2.90 bits per heavy atom. The maximum Gasteiger partial charge on any atom is 0.111 e. The van der Waals surface area contributed by atoms with E-state index in [0.717, 1.165) is 31.1 Å². The van der Waals surface area contributed by atoms with Gasteiger partial charge in [-0.25, -0.2) is 4.98 Å². The monoisotopic (exact) mass is 285 g/mol. The molecular weight excluding hydrogens is 262 g/mol. The van der Waals surface area contributed by atoms with Crippen LogP contribution in [0.3, 0.4) is 0 Å². The molecule has 1 aliphatic heterocycles. The molecule has 112 valence electrons. The van der Waals surface area contributed by atoms with Crippen molar-refractivity contribution in [3.63, 3.8) is 0 Å². The van der Waals surface area contributed by atoms with Crippen LogP contribution in [0.4, 0.5) is 0 Å². The number of hydrogen-bond acceptors (Lipinski definition) is 3. The number of benzene rings is 1. The van der Waals surface area contributed by atoms with E-state index < -0.39 is 0 Å². The summed E-state index contributed by atoms with van der Waals surface area (Å²) in [7, 11) is 1.75. The Balaban J connectivity index is 1.63. The third kappa shape index (κ3) is 2.36. The predicted octanol–water partition coefficient (Wildman–Crippen LogP) is 2.59. The molecule has 21 heavy (non-hydrogen) atoms. The maximum absolute atomic E-state index is 5.25. The Morgan fingerprint density at radius 2 is 2.14 bits per heavy atom. The van der Waals surface area contributed by atoms with Crippen LogP contribution in [0.15, 0.2) is 18.2 Å². The molecule has 1 aromatic heterocycles. The zero-order chi connectivity index (χ0) is 14.2. The third-order valence-electron chi connectivity index (χ3n) is 5.03. The molecule has 1 aromatic carbocycles. The summed E-state index contributed by atoms with van der Waals surface area (Å²) >= 11 is 0. The summed E-state index contributed by atoms with van der Waals surface area (Å²) in [5.41, 5.74) is 3.63. The van der Waals surface area contributed by atoms with Gasteiger partial charge < -0.3 is 9.30 Å². The highest BCUT2D eigenvalue weighted by Crippen LogP contribution is 2.27. The van der Waals surface area contributed by atoms with E-state index in [1.807, 2.05) is 0 Å². The summed E-state index contributed by atoms with van der Waals surface area (Å²) in [6.45, 7) is 4.07. The SMILES string of the molecule is COCc1ccc2nc3n(c2c1)CCN(C1CCC1)CC3. The second-order valence-electron chi connectivity index (χ2n) is 6.31. The van der Waals surface area contributed by atoms with Crippen LogP contribution >= 0.6 is 0 Å². The minimum absolute atomic E-state index is 0.671. The van der Waals surface area contributed by atoms with Crippen molar-refractivity contribution >= 4 is 11.0 Å². The molecule has 4 nitrogen and oxygen atoms in total. The lowest BCUT2D eigenvalue weighted by molar-refractivity contribution is 0.130. The van der Waals surface area contributed by atoms with Crippen LogP contribution in [0.25, 0.3) is 11.0 Å². The Bertz CT molecular complexity index is 645. The van der Waals surface area contributed by atoms with Crippen molar-refractivity contribution < 1.29 is 4.74 Å². The molecule has 1 aliphatic carbocycles. The van der Waals surface area contributed by atoms with Crippen molar-refractivity contribution in [1.29, 1.82) is 0 Å². The van der Waals surface area contributed by atoms with Gasteiger partial charge in [-0.3, -0.25) is 4.90 Å². The van der Waals surface area contributed by atoms with Crippen molar-refractivity contribution in [2.24, 2.45) is 0 Å². The van der Waals surface area contributed by atoms with Crippen molar-refractivity contribution in [3.8, 4) is 0 Å². The largest absolute Gasteiger partial charge is 0.380 e. The number of hydrogen-bond donors (Lipinski definition) is 0. The molecule has 1 fully saturated rings. The van der Waals surface area contributed by atoms with E-state index in [0.29, 0.717) is 6.61 Å². The molecule has 0 radical (unpaired) electrons. The standard InChI is InChI=1S/C17H23N3O/c1-21-12-13-5-6-15-16(11-13)20-10-9-19(14-3-2-4-14)8-7-17(20)18-15/h5-6,11,14H,2-4,7-10,12H2,1H3. The average Bonchev–Trinajstić information content (AvgIpc) is 2.65. The smallest absolute Gasteiger partial charge is 0.111 e. The minimum Gasteiger partial charge on any atom is -0.380 e. The molecule has 0 atom stereocenters. The van der Waals surface area contributed by atoms with Gasteiger partial charge >= 0.3 is 0 Å². The van der Waals surface area contributed by atoms with Crippen LogP contribution in [0.5, 0.6) is 0 Å². The first-order valence-electron chi connectivity index (χ1n) is 8.06. The van der Waals surface area contributed by atoms with Crippen molar-refractivity contribution in [1.82, 2.24) is 14.5 Å². The second-order valence-corrected chi connectivity index (χ2v) is 6.31. The van der Waals surface area contributed by atoms with Gasteiger partial charge in [0.05, 0.1) is 17.6 Å². The number of imidazole rings is 1. The van der Waals surface area contributed by atoms with E-state index in [4.69, 9.17) is 9.72 Å². The molecule has 4 heteroatoms. The molecule has 0 saturated heterocycles. The molecule has 0 amide bonds. The molecule has 0 N–H and O–H groups in total. The molecule has 0 bridgehead atoms. The summed E-state index contributed by atoms with van der Waals surface area (Å²) < 4.78 is 7.68. The van der Waals surface area contributed by atoms with E-state index >= 15 is 0 Å². The lowest BCUT2D eigenvalue weighted by Crippen LogP contribution is -2.41. The number of methoxy groups -OCH3 is 1. The number of fused-ring (bicyclic) bond motifs is 3. The number of rotatable bonds is 3. The highest BCUT2D eigenvalue weighted by Gasteiger charge is 2.27. The van der Waals surface area contributed by atoms with E-state index in [1.54, 1.807) is 7.11 Å². The second kappa shape index (κ2) is 5.43. The Morgan fingerprint density at radius 1 is 1.24 bits per heavy atom. The minimum atomic E-state index is 0.671. The van der Waals surface area contributed by atoms with Gasteiger partial charge in [0, 0.05) is 39.2 Å². The first-order chi connectivity index (χ1) is 10.3. The van der Waals surface area contributed by atoms with Crippen molar-refractivity contribution in [2.75, 3.05) is 20.2 Å². The Kier molecular flexibility index (Phi) is 3.43. The van der Waals surface area contributed by atoms with Gasteiger partial charge in [0.25, 0.3) is 0 Å². The summed E-state index contributed by atoms with van der Waals surface area (Å²) in [5.74, 6) is 1.25. The first-order valence-corrected chi connectivity index (χ1v) is 8.06. The number of aromatic nitrogens is 2. The fourth-order valence-electron chi connectivity index (χ4n) is 3.62. The topological polar surface area (TPSA) is 30.3 Å². The maximum atomic E-state index is 5.25. The Labute approximate surface area is 125 Å². The highest BCUT2D eigenvalue weighted by atomic mass is 16.5. The number of ether oxygens (including phenoxy) is 1. The van der Waals surface area contributed by atoms with Crippen LogP contribution in [0.1, 0.15) is 30.7 Å². The molecule has 0 unspecified atom stereocenters. The zero-order valence-corrected chi connectivity index (χ0v) is 12.7. The molecular formula is C17H23N3O.